The van der Waals surface area contributed by atoms with E-state index in [2.05, 4.69) is 5.32 Å². The minimum absolute atomic E-state index is 0.0586. The van der Waals surface area contributed by atoms with Crippen LogP contribution in [0.4, 0.5) is 0 Å². The highest BCUT2D eigenvalue weighted by atomic mass is 16.4. The summed E-state index contributed by atoms with van der Waals surface area (Å²) in [5.41, 5.74) is 2.34. The van der Waals surface area contributed by atoms with Gasteiger partial charge in [-0.1, -0.05) is 43.2 Å². The topological polar surface area (TPSA) is 49.3 Å². The Labute approximate surface area is 103 Å². The summed E-state index contributed by atoms with van der Waals surface area (Å²) >= 11 is 0. The fourth-order valence-electron chi connectivity index (χ4n) is 1.82. The number of hydrogen-bond acceptors (Lipinski definition) is 2. The molecule has 0 spiro atoms. The van der Waals surface area contributed by atoms with Gasteiger partial charge in [0.05, 0.1) is 0 Å². The van der Waals surface area contributed by atoms with Crippen LogP contribution < -0.4 is 5.32 Å². The molecule has 2 N–H and O–H groups in total. The second-order valence-electron chi connectivity index (χ2n) is 4.48. The molecule has 0 fully saturated rings. The number of rotatable bonds is 6. The fraction of sp³-hybridized carbons (Fsp3) is 0.500. The van der Waals surface area contributed by atoms with Crippen LogP contribution >= 0.6 is 0 Å². The van der Waals surface area contributed by atoms with E-state index in [0.29, 0.717) is 6.42 Å². The van der Waals surface area contributed by atoms with Crippen LogP contribution in [0.25, 0.3) is 0 Å². The molecule has 3 nitrogen and oxygen atoms in total. The van der Waals surface area contributed by atoms with E-state index in [-0.39, 0.29) is 6.04 Å². The SMILES string of the molecule is CCCC(N[C@@H](C)c1ccc(C)cc1)C(=O)O. The Hall–Kier alpha value is -1.35. The maximum Gasteiger partial charge on any atom is 0.320 e. The number of aryl methyl sites for hydroxylation is 1. The zero-order valence-corrected chi connectivity index (χ0v) is 10.7. The molecule has 0 saturated carbocycles. The Kier molecular flexibility index (Phi) is 5.16. The number of carboxylic acids is 1. The lowest BCUT2D eigenvalue weighted by Crippen LogP contribution is -2.38. The fourth-order valence-corrected chi connectivity index (χ4v) is 1.82. The smallest absolute Gasteiger partial charge is 0.320 e. The van der Waals surface area contributed by atoms with E-state index < -0.39 is 12.0 Å². The first-order valence-corrected chi connectivity index (χ1v) is 6.10. The molecular formula is C14H21NO2. The molecule has 1 unspecified atom stereocenters. The van der Waals surface area contributed by atoms with Gasteiger partial charge in [-0.15, -0.1) is 0 Å². The Morgan fingerprint density at radius 1 is 1.35 bits per heavy atom. The summed E-state index contributed by atoms with van der Waals surface area (Å²) in [6.07, 6.45) is 1.52. The minimum Gasteiger partial charge on any atom is -0.480 e. The highest BCUT2D eigenvalue weighted by Gasteiger charge is 2.18. The lowest BCUT2D eigenvalue weighted by molar-refractivity contribution is -0.139. The summed E-state index contributed by atoms with van der Waals surface area (Å²) in [5.74, 6) is -0.772. The molecule has 0 bridgehead atoms. The van der Waals surface area contributed by atoms with Crippen LogP contribution in [0.3, 0.4) is 0 Å². The first-order chi connectivity index (χ1) is 8.04. The summed E-state index contributed by atoms with van der Waals surface area (Å²) in [5, 5.41) is 12.2. The van der Waals surface area contributed by atoms with Crippen LogP contribution in [0, 0.1) is 6.92 Å². The van der Waals surface area contributed by atoms with Crippen molar-refractivity contribution in [2.45, 2.75) is 45.7 Å². The van der Waals surface area contributed by atoms with Gasteiger partial charge in [0.2, 0.25) is 0 Å². The molecule has 0 radical (unpaired) electrons. The summed E-state index contributed by atoms with van der Waals surface area (Å²) in [6.45, 7) is 6.03. The molecule has 0 aliphatic rings. The van der Waals surface area contributed by atoms with E-state index in [1.165, 1.54) is 5.56 Å². The normalized spacial score (nSPS) is 14.3. The van der Waals surface area contributed by atoms with E-state index in [9.17, 15) is 4.79 Å². The van der Waals surface area contributed by atoms with Gasteiger partial charge in [-0.3, -0.25) is 10.1 Å². The third-order valence-electron chi connectivity index (χ3n) is 2.90. The summed E-state index contributed by atoms with van der Waals surface area (Å²) in [4.78, 5) is 11.0. The predicted octanol–water partition coefficient (Wildman–Crippen LogP) is 2.90. The van der Waals surface area contributed by atoms with E-state index >= 15 is 0 Å². The lowest BCUT2D eigenvalue weighted by atomic mass is 10.0. The molecule has 3 heteroatoms. The van der Waals surface area contributed by atoms with Gasteiger partial charge < -0.3 is 5.11 Å². The molecule has 2 atom stereocenters. The van der Waals surface area contributed by atoms with Crippen molar-refractivity contribution >= 4 is 5.97 Å². The quantitative estimate of drug-likeness (QED) is 0.797. The number of aliphatic carboxylic acids is 1. The molecule has 1 aromatic carbocycles. The van der Waals surface area contributed by atoms with Crippen LogP contribution in [-0.2, 0) is 4.79 Å². The van der Waals surface area contributed by atoms with Crippen molar-refractivity contribution < 1.29 is 9.90 Å². The van der Waals surface area contributed by atoms with Crippen LogP contribution in [0.5, 0.6) is 0 Å². The molecule has 0 aliphatic carbocycles. The average Bonchev–Trinajstić information content (AvgIpc) is 2.29. The number of carbonyl (C=O) groups is 1. The maximum absolute atomic E-state index is 11.0. The zero-order valence-electron chi connectivity index (χ0n) is 10.7. The van der Waals surface area contributed by atoms with Gasteiger partial charge in [0.25, 0.3) is 0 Å². The van der Waals surface area contributed by atoms with Crippen LogP contribution in [0.2, 0.25) is 0 Å². The third kappa shape index (κ3) is 4.19. The van der Waals surface area contributed by atoms with Crippen molar-refractivity contribution in [1.82, 2.24) is 5.32 Å². The number of carboxylic acid groups (broad SMARTS) is 1. The van der Waals surface area contributed by atoms with Crippen molar-refractivity contribution in [2.75, 3.05) is 0 Å². The number of hydrogen-bond donors (Lipinski definition) is 2. The standard InChI is InChI=1S/C14H21NO2/c1-4-5-13(14(16)17)15-11(3)12-8-6-10(2)7-9-12/h6-9,11,13,15H,4-5H2,1-3H3,(H,16,17)/t11-,13?/m0/s1. The van der Waals surface area contributed by atoms with Gasteiger partial charge >= 0.3 is 5.97 Å². The molecular weight excluding hydrogens is 214 g/mol. The first kappa shape index (κ1) is 13.7. The molecule has 94 valence electrons. The second kappa shape index (κ2) is 6.40. The Balaban J connectivity index is 2.66. The Bertz CT molecular complexity index is 359. The Morgan fingerprint density at radius 3 is 2.41 bits per heavy atom. The van der Waals surface area contributed by atoms with Crippen molar-refractivity contribution in [3.05, 3.63) is 35.4 Å². The molecule has 17 heavy (non-hydrogen) atoms. The van der Waals surface area contributed by atoms with Gasteiger partial charge in [-0.25, -0.2) is 0 Å². The Morgan fingerprint density at radius 2 is 1.94 bits per heavy atom. The van der Waals surface area contributed by atoms with Crippen molar-refractivity contribution in [2.24, 2.45) is 0 Å². The van der Waals surface area contributed by atoms with Gasteiger partial charge in [0.1, 0.15) is 6.04 Å². The van der Waals surface area contributed by atoms with Crippen LogP contribution in [0.1, 0.15) is 43.9 Å². The maximum atomic E-state index is 11.0. The van der Waals surface area contributed by atoms with E-state index in [1.54, 1.807) is 0 Å². The molecule has 0 heterocycles. The zero-order chi connectivity index (χ0) is 12.8. The van der Waals surface area contributed by atoms with Gasteiger partial charge in [0.15, 0.2) is 0 Å². The third-order valence-corrected chi connectivity index (χ3v) is 2.90. The second-order valence-corrected chi connectivity index (χ2v) is 4.48. The highest BCUT2D eigenvalue weighted by molar-refractivity contribution is 5.73. The van der Waals surface area contributed by atoms with Gasteiger partial charge in [-0.2, -0.15) is 0 Å². The van der Waals surface area contributed by atoms with Crippen molar-refractivity contribution in [1.29, 1.82) is 0 Å². The van der Waals surface area contributed by atoms with Gasteiger partial charge in [0, 0.05) is 6.04 Å². The average molecular weight is 235 g/mol. The predicted molar refractivity (Wildman–Crippen MR) is 69.1 cm³/mol. The monoisotopic (exact) mass is 235 g/mol. The molecule has 0 aliphatic heterocycles. The molecule has 0 aromatic heterocycles. The van der Waals surface area contributed by atoms with Crippen LogP contribution in [0.15, 0.2) is 24.3 Å². The van der Waals surface area contributed by atoms with E-state index in [0.717, 1.165) is 12.0 Å². The molecule has 1 rings (SSSR count). The van der Waals surface area contributed by atoms with E-state index in [4.69, 9.17) is 5.11 Å². The lowest BCUT2D eigenvalue weighted by Gasteiger charge is -2.20. The van der Waals surface area contributed by atoms with Crippen molar-refractivity contribution in [3.63, 3.8) is 0 Å². The molecule has 0 amide bonds. The summed E-state index contributed by atoms with van der Waals surface area (Å²) in [7, 11) is 0. The minimum atomic E-state index is -0.772. The van der Waals surface area contributed by atoms with Crippen molar-refractivity contribution in [3.8, 4) is 0 Å². The van der Waals surface area contributed by atoms with Crippen LogP contribution in [-0.4, -0.2) is 17.1 Å². The summed E-state index contributed by atoms with van der Waals surface area (Å²) < 4.78 is 0. The highest BCUT2D eigenvalue weighted by Crippen LogP contribution is 2.14. The largest absolute Gasteiger partial charge is 0.480 e. The van der Waals surface area contributed by atoms with E-state index in [1.807, 2.05) is 45.0 Å². The first-order valence-electron chi connectivity index (χ1n) is 6.10. The molecule has 0 saturated heterocycles. The number of nitrogens with one attached hydrogen (secondary N) is 1. The molecule has 1 aromatic rings. The van der Waals surface area contributed by atoms with Gasteiger partial charge in [-0.05, 0) is 25.8 Å². The number of benzene rings is 1. The summed E-state index contributed by atoms with van der Waals surface area (Å²) in [6, 6.07) is 7.77.